The minimum absolute atomic E-state index is 0.0688. The largest absolute Gasteiger partial charge is 0.456 e. The van der Waals surface area contributed by atoms with Crippen molar-refractivity contribution in [1.82, 2.24) is 0 Å². The van der Waals surface area contributed by atoms with E-state index in [1.807, 2.05) is 35.2 Å². The summed E-state index contributed by atoms with van der Waals surface area (Å²) in [5.41, 5.74) is 20.9. The van der Waals surface area contributed by atoms with E-state index in [9.17, 15) is 2.74 Å². The van der Waals surface area contributed by atoms with E-state index in [1.165, 1.54) is 0 Å². The van der Waals surface area contributed by atoms with Gasteiger partial charge in [0, 0.05) is 62.0 Å². The van der Waals surface area contributed by atoms with Crippen LogP contribution in [-0.2, 0) is 10.8 Å². The van der Waals surface area contributed by atoms with E-state index in [4.69, 9.17) is 8.53 Å². The highest BCUT2D eigenvalue weighted by Gasteiger charge is 2.44. The van der Waals surface area contributed by atoms with Gasteiger partial charge in [-0.15, -0.1) is 0 Å². The highest BCUT2D eigenvalue weighted by Crippen LogP contribution is 2.49. The van der Waals surface area contributed by atoms with Gasteiger partial charge in [0.2, 0.25) is 0 Å². The van der Waals surface area contributed by atoms with Crippen LogP contribution >= 0.6 is 0 Å². The van der Waals surface area contributed by atoms with E-state index in [0.29, 0.717) is 11.4 Å². The molecule has 1 aromatic heterocycles. The zero-order chi connectivity index (χ0) is 57.9. The van der Waals surface area contributed by atoms with Crippen molar-refractivity contribution in [1.29, 1.82) is 0 Å². The second-order valence-corrected chi connectivity index (χ2v) is 23.0. The van der Waals surface area contributed by atoms with Crippen molar-refractivity contribution in [3.05, 3.63) is 266 Å². The molecule has 0 N–H and O–H groups in total. The molecule has 2 aliphatic heterocycles. The predicted molar refractivity (Wildman–Crippen MR) is 336 cm³/mol. The minimum atomic E-state index is -0.442. The maximum Gasteiger partial charge on any atom is 0.252 e. The predicted octanol–water partition coefficient (Wildman–Crippen LogP) is 18.7. The fourth-order valence-electron chi connectivity index (χ4n) is 12.0. The van der Waals surface area contributed by atoms with Crippen LogP contribution in [0.1, 0.15) is 59.5 Å². The summed E-state index contributed by atoms with van der Waals surface area (Å²) < 4.78 is 52.0. The molecule has 5 heteroatoms. The molecule has 0 amide bonds. The zero-order valence-corrected chi connectivity index (χ0v) is 45.2. The van der Waals surface area contributed by atoms with Crippen LogP contribution in [0.5, 0.6) is 0 Å². The van der Waals surface area contributed by atoms with Crippen LogP contribution in [0.4, 0.5) is 51.2 Å². The quantitative estimate of drug-likeness (QED) is 0.142. The molecule has 4 nitrogen and oxygen atoms in total. The SMILES string of the molecule is [2H]c1c([2H])c([2H])c(N(c2ccc(C(C)(C)C)cc2)c2ccc3c(c2)N(c2ccc(-c4cccc5oc6ccccc6c45)cc2)c2cc(C(C)(C)C)cc4c2B3c2cc(-c3ccccc3)ccc2N4c2ccc(-c3ccccc3)cc2)c([2H])c1[2H]. The number of benzene rings is 11. The van der Waals surface area contributed by atoms with Crippen LogP contribution in [0.15, 0.2) is 259 Å². The summed E-state index contributed by atoms with van der Waals surface area (Å²) in [6.45, 7) is 13.1. The van der Waals surface area contributed by atoms with Crippen LogP contribution in [0.2, 0.25) is 0 Å². The van der Waals surface area contributed by atoms with E-state index in [1.54, 1.807) is 0 Å². The van der Waals surface area contributed by atoms with Crippen molar-refractivity contribution in [2.45, 2.75) is 52.4 Å². The molecule has 0 radical (unpaired) electrons. The van der Waals surface area contributed by atoms with E-state index in [0.717, 1.165) is 117 Å². The molecular weight excluding hydrogens is 958 g/mol. The van der Waals surface area contributed by atoms with Crippen LogP contribution in [0.25, 0.3) is 55.3 Å². The highest BCUT2D eigenvalue weighted by atomic mass is 16.3. The second kappa shape index (κ2) is 18.7. The number of hydrogen-bond acceptors (Lipinski definition) is 4. The first kappa shape index (κ1) is 42.8. The van der Waals surface area contributed by atoms with Gasteiger partial charge in [0.25, 0.3) is 6.71 Å². The molecule has 0 saturated carbocycles. The standard InChI is InChI=1S/C74H60BN3O/c1-73(2,3)54-34-40-57(41-35-54)76(56-23-14-9-15-24-56)60-42-43-63-66(48-60)78(59-38-31-52(32-39-59)61-26-18-28-70-71(61)62-25-16-17-27-69(62)79-70)68-47-55(74(4,5)6)46-67-72(68)75(63)64-45-53(50-21-12-8-13-22-50)33-44-65(64)77(67)58-36-29-51(30-37-58)49-19-10-7-11-20-49/h7-48H,1-6H3/i9D,14D,15D,23D,24D. The number of hydrogen-bond donors (Lipinski definition) is 0. The lowest BCUT2D eigenvalue weighted by atomic mass is 9.33. The van der Waals surface area contributed by atoms with Crippen molar-refractivity contribution in [2.75, 3.05) is 14.7 Å². The van der Waals surface area contributed by atoms with Gasteiger partial charge in [-0.2, -0.15) is 0 Å². The number of fused-ring (bicyclic) bond motifs is 7. The molecule has 0 unspecified atom stereocenters. The van der Waals surface area contributed by atoms with Crippen molar-refractivity contribution < 1.29 is 11.3 Å². The van der Waals surface area contributed by atoms with Gasteiger partial charge < -0.3 is 19.1 Å². The molecule has 0 spiro atoms. The fraction of sp³-hybridized carbons (Fsp3) is 0.108. The normalized spacial score (nSPS) is 13.7. The molecule has 0 bridgehead atoms. The smallest absolute Gasteiger partial charge is 0.252 e. The molecular formula is C74H60BN3O. The lowest BCUT2D eigenvalue weighted by molar-refractivity contribution is 0.590. The van der Waals surface area contributed by atoms with Gasteiger partial charge >= 0.3 is 0 Å². The molecule has 0 atom stereocenters. The van der Waals surface area contributed by atoms with Crippen LogP contribution in [0.3, 0.4) is 0 Å². The molecule has 12 aromatic rings. The van der Waals surface area contributed by atoms with Gasteiger partial charge in [-0.1, -0.05) is 205 Å². The van der Waals surface area contributed by atoms with E-state index in [2.05, 4.69) is 245 Å². The molecule has 380 valence electrons. The molecule has 0 aliphatic carbocycles. The van der Waals surface area contributed by atoms with Gasteiger partial charge in [-0.3, -0.25) is 0 Å². The lowest BCUT2D eigenvalue weighted by Gasteiger charge is -2.45. The van der Waals surface area contributed by atoms with Crippen molar-refractivity contribution in [3.8, 4) is 33.4 Å². The highest BCUT2D eigenvalue weighted by molar-refractivity contribution is 7.00. The number of para-hydroxylation sites is 2. The first-order valence-corrected chi connectivity index (χ1v) is 27.3. The van der Waals surface area contributed by atoms with Crippen molar-refractivity contribution in [3.63, 3.8) is 0 Å². The number of furan rings is 1. The van der Waals surface area contributed by atoms with Gasteiger partial charge in [0.15, 0.2) is 0 Å². The first-order chi connectivity index (χ1) is 40.5. The van der Waals surface area contributed by atoms with E-state index in [-0.39, 0.29) is 35.3 Å². The van der Waals surface area contributed by atoms with Gasteiger partial charge in [-0.25, -0.2) is 0 Å². The Labute approximate surface area is 471 Å². The molecule has 0 saturated heterocycles. The Morgan fingerprint density at radius 2 is 0.962 bits per heavy atom. The van der Waals surface area contributed by atoms with E-state index < -0.39 is 18.1 Å². The Morgan fingerprint density at radius 1 is 0.405 bits per heavy atom. The average molecular weight is 1020 g/mol. The van der Waals surface area contributed by atoms with Crippen molar-refractivity contribution in [2.24, 2.45) is 0 Å². The number of anilines is 9. The summed E-state index contributed by atoms with van der Waals surface area (Å²) in [6.07, 6.45) is 0. The summed E-state index contributed by atoms with van der Waals surface area (Å²) in [6, 6.07) is 77.8. The third-order valence-corrected chi connectivity index (χ3v) is 16.1. The molecule has 2 aliphatic rings. The Morgan fingerprint density at radius 3 is 1.62 bits per heavy atom. The third-order valence-electron chi connectivity index (χ3n) is 16.1. The molecule has 14 rings (SSSR count). The van der Waals surface area contributed by atoms with Gasteiger partial charge in [0.1, 0.15) is 11.2 Å². The fourth-order valence-corrected chi connectivity index (χ4v) is 12.0. The third kappa shape index (κ3) is 8.31. The molecule has 79 heavy (non-hydrogen) atoms. The number of nitrogens with zero attached hydrogens (tertiary/aromatic N) is 3. The Kier molecular flexibility index (Phi) is 10.1. The van der Waals surface area contributed by atoms with Crippen molar-refractivity contribution >= 4 is 96.2 Å². The average Bonchev–Trinajstić information content (AvgIpc) is 2.16. The van der Waals surface area contributed by atoms with E-state index >= 15 is 0 Å². The summed E-state index contributed by atoms with van der Waals surface area (Å²) in [5.74, 6) is 0. The van der Waals surface area contributed by atoms with Crippen LogP contribution < -0.4 is 31.1 Å². The maximum absolute atomic E-state index is 9.50. The Hall–Kier alpha value is -9.32. The second-order valence-electron chi connectivity index (χ2n) is 23.0. The number of rotatable bonds is 8. The first-order valence-electron chi connectivity index (χ1n) is 29.8. The van der Waals surface area contributed by atoms with Crippen LogP contribution in [-0.4, -0.2) is 6.71 Å². The molecule has 11 aromatic carbocycles. The summed E-state index contributed by atoms with van der Waals surface area (Å²) in [7, 11) is 0. The maximum atomic E-state index is 9.50. The topological polar surface area (TPSA) is 22.9 Å². The Balaban J connectivity index is 1.05. The summed E-state index contributed by atoms with van der Waals surface area (Å²) in [4.78, 5) is 6.70. The molecule has 3 heterocycles. The Bertz CT molecular complexity index is 4540. The minimum Gasteiger partial charge on any atom is -0.456 e. The summed E-state index contributed by atoms with van der Waals surface area (Å²) in [5, 5.41) is 2.13. The monoisotopic (exact) mass is 1020 g/mol. The van der Waals surface area contributed by atoms with Gasteiger partial charge in [-0.05, 0) is 163 Å². The lowest BCUT2D eigenvalue weighted by Crippen LogP contribution is -2.61. The van der Waals surface area contributed by atoms with Crippen LogP contribution in [0, 0.1) is 0 Å². The van der Waals surface area contributed by atoms with Gasteiger partial charge in [0.05, 0.1) is 6.85 Å². The zero-order valence-electron chi connectivity index (χ0n) is 50.2. The summed E-state index contributed by atoms with van der Waals surface area (Å²) >= 11 is 0. The molecule has 0 fully saturated rings.